The third kappa shape index (κ3) is 4.43. The SMILES string of the molecule is O=C(NCc1cc([N+](=O)[O-])ccc1[O-])C1CCN(C(=O)c2cccs2)CC1. The molecule has 0 spiro atoms. The molecule has 9 heteroatoms. The fraction of sp³-hybridized carbons (Fsp3) is 0.333. The van der Waals surface area contributed by atoms with Crippen LogP contribution in [0.2, 0.25) is 0 Å². The van der Waals surface area contributed by atoms with E-state index >= 15 is 0 Å². The van der Waals surface area contributed by atoms with Crippen molar-refractivity contribution >= 4 is 28.8 Å². The molecule has 0 bridgehead atoms. The molecular formula is C18H18N3O5S-. The van der Waals surface area contributed by atoms with Crippen LogP contribution >= 0.6 is 11.3 Å². The molecule has 1 aliphatic heterocycles. The zero-order chi connectivity index (χ0) is 19.4. The van der Waals surface area contributed by atoms with E-state index < -0.39 is 4.92 Å². The van der Waals surface area contributed by atoms with Crippen molar-refractivity contribution in [1.29, 1.82) is 0 Å². The van der Waals surface area contributed by atoms with Crippen LogP contribution in [0, 0.1) is 16.0 Å². The number of hydrogen-bond acceptors (Lipinski definition) is 6. The third-order valence-corrected chi connectivity index (χ3v) is 5.45. The number of nitro benzene ring substituents is 1. The van der Waals surface area contributed by atoms with E-state index in [2.05, 4.69) is 5.32 Å². The van der Waals surface area contributed by atoms with Gasteiger partial charge < -0.3 is 15.3 Å². The highest BCUT2D eigenvalue weighted by Crippen LogP contribution is 2.23. The van der Waals surface area contributed by atoms with Crippen LogP contribution in [0.5, 0.6) is 5.75 Å². The number of nitro groups is 1. The third-order valence-electron chi connectivity index (χ3n) is 4.59. The van der Waals surface area contributed by atoms with E-state index in [1.54, 1.807) is 11.0 Å². The van der Waals surface area contributed by atoms with Crippen LogP contribution in [0.15, 0.2) is 35.7 Å². The molecule has 1 fully saturated rings. The highest BCUT2D eigenvalue weighted by Gasteiger charge is 2.28. The Labute approximate surface area is 159 Å². The zero-order valence-electron chi connectivity index (χ0n) is 14.4. The van der Waals surface area contributed by atoms with Crippen molar-refractivity contribution in [2.75, 3.05) is 13.1 Å². The van der Waals surface area contributed by atoms with Gasteiger partial charge in [0.15, 0.2) is 0 Å². The molecule has 1 saturated heterocycles. The Morgan fingerprint density at radius 1 is 1.26 bits per heavy atom. The highest BCUT2D eigenvalue weighted by atomic mass is 32.1. The van der Waals surface area contributed by atoms with E-state index in [9.17, 15) is 24.8 Å². The zero-order valence-corrected chi connectivity index (χ0v) is 15.2. The van der Waals surface area contributed by atoms with Crippen LogP contribution in [-0.4, -0.2) is 34.7 Å². The summed E-state index contributed by atoms with van der Waals surface area (Å²) in [6, 6.07) is 7.08. The molecule has 0 unspecified atom stereocenters. The first kappa shape index (κ1) is 18.8. The predicted octanol–water partition coefficient (Wildman–Crippen LogP) is 1.90. The standard InChI is InChI=1S/C18H19N3O5S/c22-15-4-3-14(21(25)26)10-13(15)11-19-17(23)12-5-7-20(8-6-12)18(24)16-2-1-9-27-16/h1-4,9-10,12,22H,5-8,11H2,(H,19,23)/p-1. The van der Waals surface area contributed by atoms with E-state index in [0.717, 1.165) is 12.1 Å². The summed E-state index contributed by atoms with van der Waals surface area (Å²) in [5.74, 6) is -0.816. The van der Waals surface area contributed by atoms with Crippen molar-refractivity contribution in [2.24, 2.45) is 5.92 Å². The van der Waals surface area contributed by atoms with Crippen LogP contribution in [0.3, 0.4) is 0 Å². The van der Waals surface area contributed by atoms with Crippen molar-refractivity contribution in [3.63, 3.8) is 0 Å². The molecule has 0 atom stereocenters. The Kier molecular flexibility index (Phi) is 5.70. The molecule has 0 radical (unpaired) electrons. The minimum absolute atomic E-state index is 0.0172. The minimum atomic E-state index is -0.578. The minimum Gasteiger partial charge on any atom is -0.872 e. The first-order chi connectivity index (χ1) is 13.0. The number of piperidine rings is 1. The van der Waals surface area contributed by atoms with Crippen LogP contribution < -0.4 is 10.4 Å². The summed E-state index contributed by atoms with van der Waals surface area (Å²) in [5.41, 5.74) is 0.00195. The lowest BCUT2D eigenvalue weighted by Crippen LogP contribution is -2.42. The van der Waals surface area contributed by atoms with Gasteiger partial charge in [-0.25, -0.2) is 0 Å². The van der Waals surface area contributed by atoms with Gasteiger partial charge in [0.2, 0.25) is 5.91 Å². The Morgan fingerprint density at radius 2 is 2.00 bits per heavy atom. The summed E-state index contributed by atoms with van der Waals surface area (Å²) < 4.78 is 0. The lowest BCUT2D eigenvalue weighted by atomic mass is 9.95. The first-order valence-electron chi connectivity index (χ1n) is 8.50. The number of thiophene rings is 1. The number of nitrogens with zero attached hydrogens (tertiary/aromatic N) is 2. The number of hydrogen-bond donors (Lipinski definition) is 1. The maximum Gasteiger partial charge on any atom is 0.269 e. The number of carbonyl (C=O) groups is 2. The van der Waals surface area contributed by atoms with Crippen molar-refractivity contribution in [3.8, 4) is 5.75 Å². The summed E-state index contributed by atoms with van der Waals surface area (Å²) in [7, 11) is 0. The molecule has 3 rings (SSSR count). The van der Waals surface area contributed by atoms with E-state index in [1.165, 1.54) is 17.4 Å². The van der Waals surface area contributed by atoms with Gasteiger partial charge >= 0.3 is 0 Å². The van der Waals surface area contributed by atoms with Gasteiger partial charge in [-0.1, -0.05) is 12.1 Å². The van der Waals surface area contributed by atoms with Crippen molar-refractivity contribution in [3.05, 3.63) is 56.3 Å². The fourth-order valence-corrected chi connectivity index (χ4v) is 3.74. The number of nitrogens with one attached hydrogen (secondary N) is 1. The summed E-state index contributed by atoms with van der Waals surface area (Å²) in [6.07, 6.45) is 1.09. The number of non-ortho nitro benzene ring substituents is 1. The molecule has 27 heavy (non-hydrogen) atoms. The number of benzene rings is 1. The fourth-order valence-electron chi connectivity index (χ4n) is 3.05. The second-order valence-electron chi connectivity index (χ2n) is 6.31. The van der Waals surface area contributed by atoms with Crippen LogP contribution in [0.25, 0.3) is 0 Å². The highest BCUT2D eigenvalue weighted by molar-refractivity contribution is 7.12. The normalized spacial score (nSPS) is 14.7. The Morgan fingerprint density at radius 3 is 2.63 bits per heavy atom. The van der Waals surface area contributed by atoms with Gasteiger partial charge in [-0.2, -0.15) is 0 Å². The number of likely N-dealkylation sites (tertiary alicyclic amines) is 1. The quantitative estimate of drug-likeness (QED) is 0.620. The monoisotopic (exact) mass is 388 g/mol. The largest absolute Gasteiger partial charge is 0.872 e. The van der Waals surface area contributed by atoms with Gasteiger partial charge in [-0.15, -0.1) is 17.1 Å². The molecule has 0 saturated carbocycles. The van der Waals surface area contributed by atoms with Gasteiger partial charge in [-0.3, -0.25) is 19.7 Å². The summed E-state index contributed by atoms with van der Waals surface area (Å²) in [4.78, 5) is 37.3. The summed E-state index contributed by atoms with van der Waals surface area (Å²) in [6.45, 7) is 0.949. The van der Waals surface area contributed by atoms with Gasteiger partial charge in [0.1, 0.15) is 0 Å². The summed E-state index contributed by atoms with van der Waals surface area (Å²) in [5, 5.41) is 27.1. The molecule has 2 amide bonds. The Hall–Kier alpha value is -2.94. The molecule has 0 aliphatic carbocycles. The number of amides is 2. The second-order valence-corrected chi connectivity index (χ2v) is 7.26. The van der Waals surface area contributed by atoms with Crippen molar-refractivity contribution in [2.45, 2.75) is 19.4 Å². The molecule has 142 valence electrons. The first-order valence-corrected chi connectivity index (χ1v) is 9.38. The maximum atomic E-state index is 12.4. The van der Waals surface area contributed by atoms with Gasteiger partial charge in [-0.05, 0) is 29.9 Å². The summed E-state index contributed by atoms with van der Waals surface area (Å²) >= 11 is 1.39. The lowest BCUT2D eigenvalue weighted by Gasteiger charge is -2.31. The Bertz CT molecular complexity index is 845. The predicted molar refractivity (Wildman–Crippen MR) is 97.3 cm³/mol. The molecule has 1 N–H and O–H groups in total. The van der Waals surface area contributed by atoms with Crippen LogP contribution in [0.1, 0.15) is 28.1 Å². The van der Waals surface area contributed by atoms with Gasteiger partial charge in [0, 0.05) is 37.7 Å². The molecule has 8 nitrogen and oxygen atoms in total. The smallest absolute Gasteiger partial charge is 0.269 e. The molecule has 2 aromatic rings. The van der Waals surface area contributed by atoms with E-state index in [0.29, 0.717) is 30.8 Å². The molecular weight excluding hydrogens is 370 g/mol. The van der Waals surface area contributed by atoms with Gasteiger partial charge in [0.25, 0.3) is 11.6 Å². The van der Waals surface area contributed by atoms with E-state index in [-0.39, 0.29) is 41.3 Å². The average molecular weight is 388 g/mol. The molecule has 2 heterocycles. The van der Waals surface area contributed by atoms with Crippen molar-refractivity contribution < 1.29 is 19.6 Å². The molecule has 1 aromatic heterocycles. The molecule has 1 aromatic carbocycles. The van der Waals surface area contributed by atoms with Crippen molar-refractivity contribution in [1.82, 2.24) is 10.2 Å². The van der Waals surface area contributed by atoms with Crippen LogP contribution in [0.4, 0.5) is 5.69 Å². The molecule has 1 aliphatic rings. The van der Waals surface area contributed by atoms with E-state index in [1.807, 2.05) is 11.4 Å². The van der Waals surface area contributed by atoms with Crippen LogP contribution in [-0.2, 0) is 11.3 Å². The van der Waals surface area contributed by atoms with Gasteiger partial charge in [0.05, 0.1) is 9.80 Å². The Balaban J connectivity index is 1.52. The number of rotatable bonds is 5. The van der Waals surface area contributed by atoms with E-state index in [4.69, 9.17) is 0 Å². The average Bonchev–Trinajstić information content (AvgIpc) is 3.21. The number of carbonyl (C=O) groups excluding carboxylic acids is 2. The maximum absolute atomic E-state index is 12.4. The lowest BCUT2D eigenvalue weighted by molar-refractivity contribution is -0.385. The topological polar surface area (TPSA) is 116 Å². The second kappa shape index (κ2) is 8.17.